The van der Waals surface area contributed by atoms with Gasteiger partial charge in [0.25, 0.3) is 0 Å². The lowest BCUT2D eigenvalue weighted by Crippen LogP contribution is -1.94. The van der Waals surface area contributed by atoms with Crippen LogP contribution in [0, 0.1) is 0 Å². The van der Waals surface area contributed by atoms with E-state index in [1.807, 2.05) is 0 Å². The van der Waals surface area contributed by atoms with Crippen molar-refractivity contribution in [1.29, 1.82) is 0 Å². The van der Waals surface area contributed by atoms with Crippen LogP contribution in [0.3, 0.4) is 0 Å². The fourth-order valence-electron chi connectivity index (χ4n) is 2.37. The van der Waals surface area contributed by atoms with Gasteiger partial charge in [-0.2, -0.15) is 0 Å². The quantitative estimate of drug-likeness (QED) is 0.577. The lowest BCUT2D eigenvalue weighted by atomic mass is 10.2. The molecule has 0 radical (unpaired) electrons. The van der Waals surface area contributed by atoms with E-state index in [1.54, 1.807) is 0 Å². The molecule has 0 saturated carbocycles. The molecule has 2 heteroatoms. The van der Waals surface area contributed by atoms with Gasteiger partial charge in [0, 0.05) is 0 Å². The van der Waals surface area contributed by atoms with Gasteiger partial charge in [-0.15, -0.1) is 0 Å². The number of rotatable bonds is 6. The molecule has 0 bridgehead atoms. The SMILES string of the molecule is c1ccc(PCc2cccc(CPc3ccccc3)c2)cc1. The fraction of sp³-hybridized carbons (Fsp3) is 0.100. The minimum Gasteiger partial charge on any atom is -0.0859 e. The van der Waals surface area contributed by atoms with E-state index in [0.29, 0.717) is 0 Å². The maximum Gasteiger partial charge on any atom is -0.00601 e. The molecule has 3 aromatic carbocycles. The zero-order chi connectivity index (χ0) is 15.0. The highest BCUT2D eigenvalue weighted by molar-refractivity contribution is 7.46. The van der Waals surface area contributed by atoms with E-state index in [-0.39, 0.29) is 0 Å². The predicted molar refractivity (Wildman–Crippen MR) is 103 cm³/mol. The summed E-state index contributed by atoms with van der Waals surface area (Å²) in [5.41, 5.74) is 2.91. The van der Waals surface area contributed by atoms with Crippen LogP contribution in [0.2, 0.25) is 0 Å². The molecule has 0 amide bonds. The molecule has 0 aromatic heterocycles. The topological polar surface area (TPSA) is 0 Å². The van der Waals surface area contributed by atoms with Gasteiger partial charge < -0.3 is 0 Å². The van der Waals surface area contributed by atoms with E-state index in [9.17, 15) is 0 Å². The normalized spacial score (nSPS) is 11.6. The summed E-state index contributed by atoms with van der Waals surface area (Å²) in [6.07, 6.45) is 2.29. The molecule has 0 spiro atoms. The average molecular weight is 322 g/mol. The molecule has 110 valence electrons. The largest absolute Gasteiger partial charge is 0.0859 e. The monoisotopic (exact) mass is 322 g/mol. The summed E-state index contributed by atoms with van der Waals surface area (Å²) < 4.78 is 0. The molecule has 3 aromatic rings. The van der Waals surface area contributed by atoms with Crippen LogP contribution in [0.5, 0.6) is 0 Å². The number of hydrogen-bond donors (Lipinski definition) is 0. The fourth-order valence-corrected chi connectivity index (χ4v) is 4.48. The molecule has 3 rings (SSSR count). The minimum absolute atomic E-state index is 0.855. The second-order valence-electron chi connectivity index (χ2n) is 5.26. The van der Waals surface area contributed by atoms with Gasteiger partial charge in [0.1, 0.15) is 0 Å². The van der Waals surface area contributed by atoms with Crippen LogP contribution in [0.15, 0.2) is 84.9 Å². The molecule has 0 aliphatic heterocycles. The van der Waals surface area contributed by atoms with Gasteiger partial charge in [0.2, 0.25) is 0 Å². The Bertz CT molecular complexity index is 634. The summed E-state index contributed by atoms with van der Waals surface area (Å²) in [6.45, 7) is 0. The van der Waals surface area contributed by atoms with Crippen LogP contribution in [-0.2, 0) is 12.3 Å². The maximum absolute atomic E-state index is 2.38. The van der Waals surface area contributed by atoms with Crippen molar-refractivity contribution < 1.29 is 0 Å². The van der Waals surface area contributed by atoms with Crippen molar-refractivity contribution in [3.63, 3.8) is 0 Å². The van der Waals surface area contributed by atoms with Crippen molar-refractivity contribution in [2.75, 3.05) is 0 Å². The third-order valence-electron chi connectivity index (χ3n) is 3.53. The summed E-state index contributed by atoms with van der Waals surface area (Å²) in [6, 6.07) is 30.6. The van der Waals surface area contributed by atoms with Crippen LogP contribution in [0.4, 0.5) is 0 Å². The third-order valence-corrected chi connectivity index (χ3v) is 6.19. The molecule has 0 nitrogen and oxygen atoms in total. The Balaban J connectivity index is 1.58. The van der Waals surface area contributed by atoms with Crippen molar-refractivity contribution in [1.82, 2.24) is 0 Å². The molecule has 2 unspecified atom stereocenters. The lowest BCUT2D eigenvalue weighted by molar-refractivity contribution is 1.33. The van der Waals surface area contributed by atoms with Gasteiger partial charge in [0.15, 0.2) is 0 Å². The van der Waals surface area contributed by atoms with Gasteiger partial charge in [0.05, 0.1) is 0 Å². The third kappa shape index (κ3) is 4.77. The van der Waals surface area contributed by atoms with E-state index in [2.05, 4.69) is 84.9 Å². The van der Waals surface area contributed by atoms with Crippen molar-refractivity contribution in [3.8, 4) is 0 Å². The highest BCUT2D eigenvalue weighted by atomic mass is 31.1. The van der Waals surface area contributed by atoms with Gasteiger partial charge in [-0.05, 0) is 34.1 Å². The second-order valence-corrected chi connectivity index (χ2v) is 7.83. The summed E-state index contributed by atoms with van der Waals surface area (Å²) in [5.74, 6) is 0. The van der Waals surface area contributed by atoms with E-state index in [4.69, 9.17) is 0 Å². The predicted octanol–water partition coefficient (Wildman–Crippen LogP) is 4.69. The minimum atomic E-state index is 0.855. The first kappa shape index (κ1) is 15.4. The Morgan fingerprint density at radius 2 is 0.955 bits per heavy atom. The molecule has 0 saturated heterocycles. The highest BCUT2D eigenvalue weighted by Crippen LogP contribution is 2.22. The van der Waals surface area contributed by atoms with Crippen LogP contribution in [0.1, 0.15) is 11.1 Å². The Morgan fingerprint density at radius 1 is 0.500 bits per heavy atom. The molecule has 0 N–H and O–H groups in total. The summed E-state index contributed by atoms with van der Waals surface area (Å²) in [7, 11) is 1.71. The van der Waals surface area contributed by atoms with Crippen LogP contribution in [-0.4, -0.2) is 0 Å². The first-order valence-corrected chi connectivity index (χ1v) is 9.97. The molecular weight excluding hydrogens is 302 g/mol. The highest BCUT2D eigenvalue weighted by Gasteiger charge is 1.99. The molecule has 0 heterocycles. The zero-order valence-electron chi connectivity index (χ0n) is 12.5. The molecule has 0 aliphatic rings. The van der Waals surface area contributed by atoms with Gasteiger partial charge in [-0.1, -0.05) is 102 Å². The van der Waals surface area contributed by atoms with Gasteiger partial charge >= 0.3 is 0 Å². The van der Waals surface area contributed by atoms with Crippen LogP contribution >= 0.6 is 17.2 Å². The van der Waals surface area contributed by atoms with Crippen molar-refractivity contribution in [3.05, 3.63) is 96.1 Å². The Morgan fingerprint density at radius 3 is 1.41 bits per heavy atom. The smallest absolute Gasteiger partial charge is 0.00601 e. The maximum atomic E-state index is 2.38. The molecule has 0 fully saturated rings. The first-order chi connectivity index (χ1) is 10.9. The lowest BCUT2D eigenvalue weighted by Gasteiger charge is -2.06. The standard InChI is InChI=1S/C20H20P2/c1-3-10-19(11-4-1)21-15-17-8-7-9-18(14-17)16-22-20-12-5-2-6-13-20/h1-14,21-22H,15-16H2. The van der Waals surface area contributed by atoms with E-state index in [0.717, 1.165) is 29.5 Å². The molecule has 2 atom stereocenters. The van der Waals surface area contributed by atoms with Crippen molar-refractivity contribution >= 4 is 27.8 Å². The zero-order valence-corrected chi connectivity index (χ0v) is 14.5. The summed E-state index contributed by atoms with van der Waals surface area (Å²) in [5, 5.41) is 2.89. The Kier molecular flexibility index (Phi) is 5.77. The van der Waals surface area contributed by atoms with Gasteiger partial charge in [-0.3, -0.25) is 0 Å². The van der Waals surface area contributed by atoms with Gasteiger partial charge in [-0.25, -0.2) is 0 Å². The first-order valence-electron chi connectivity index (χ1n) is 7.56. The molecular formula is C20H20P2. The summed E-state index contributed by atoms with van der Waals surface area (Å²) >= 11 is 0. The second kappa shape index (κ2) is 8.23. The molecule has 0 aliphatic carbocycles. The van der Waals surface area contributed by atoms with Crippen LogP contribution in [0.25, 0.3) is 0 Å². The van der Waals surface area contributed by atoms with E-state index in [1.165, 1.54) is 21.7 Å². The summed E-state index contributed by atoms with van der Waals surface area (Å²) in [4.78, 5) is 0. The van der Waals surface area contributed by atoms with Crippen molar-refractivity contribution in [2.45, 2.75) is 12.3 Å². The number of hydrogen-bond acceptors (Lipinski definition) is 0. The van der Waals surface area contributed by atoms with Crippen molar-refractivity contribution in [2.24, 2.45) is 0 Å². The van der Waals surface area contributed by atoms with E-state index >= 15 is 0 Å². The Labute approximate surface area is 136 Å². The average Bonchev–Trinajstić information content (AvgIpc) is 2.60. The molecule has 22 heavy (non-hydrogen) atoms. The van der Waals surface area contributed by atoms with Crippen LogP contribution < -0.4 is 10.6 Å². The van der Waals surface area contributed by atoms with E-state index < -0.39 is 0 Å². The Hall–Kier alpha value is -1.48. The number of benzene rings is 3.